The van der Waals surface area contributed by atoms with Gasteiger partial charge >= 0.3 is 0 Å². The van der Waals surface area contributed by atoms with Crippen molar-refractivity contribution >= 4 is 21.7 Å². The Morgan fingerprint density at radius 3 is 2.32 bits per heavy atom. The van der Waals surface area contributed by atoms with Crippen molar-refractivity contribution in [3.05, 3.63) is 23.8 Å². The van der Waals surface area contributed by atoms with Crippen LogP contribution in [0.25, 0.3) is 0 Å². The highest BCUT2D eigenvalue weighted by molar-refractivity contribution is 7.88. The Morgan fingerprint density at radius 2 is 1.80 bits per heavy atom. The lowest BCUT2D eigenvalue weighted by molar-refractivity contribution is -0.134. The van der Waals surface area contributed by atoms with Gasteiger partial charge in [-0.25, -0.2) is 8.42 Å². The van der Waals surface area contributed by atoms with Gasteiger partial charge in [-0.15, -0.1) is 0 Å². The molecule has 0 aromatic heterocycles. The Bertz CT molecular complexity index is 754. The Labute approximate surface area is 147 Å². The number of amides is 1. The lowest BCUT2D eigenvalue weighted by Crippen LogP contribution is -2.51. The van der Waals surface area contributed by atoms with Gasteiger partial charge in [-0.2, -0.15) is 4.31 Å². The van der Waals surface area contributed by atoms with Crippen molar-refractivity contribution in [3.8, 4) is 11.5 Å². The second-order valence-corrected chi connectivity index (χ2v) is 7.73. The van der Waals surface area contributed by atoms with Gasteiger partial charge in [-0.1, -0.05) is 0 Å². The van der Waals surface area contributed by atoms with E-state index in [2.05, 4.69) is 0 Å². The van der Waals surface area contributed by atoms with E-state index in [0.717, 1.165) is 6.26 Å². The summed E-state index contributed by atoms with van der Waals surface area (Å²) < 4.78 is 35.0. The van der Waals surface area contributed by atoms with E-state index in [1.807, 2.05) is 0 Å². The number of sulfonamides is 1. The van der Waals surface area contributed by atoms with Crippen LogP contribution < -0.4 is 9.47 Å². The van der Waals surface area contributed by atoms with Crippen LogP contribution in [-0.2, 0) is 14.8 Å². The van der Waals surface area contributed by atoms with Gasteiger partial charge in [0.1, 0.15) is 11.5 Å². The van der Waals surface area contributed by atoms with E-state index in [-0.39, 0.29) is 37.1 Å². The van der Waals surface area contributed by atoms with Crippen LogP contribution in [0, 0.1) is 0 Å². The molecule has 0 aliphatic carbocycles. The summed E-state index contributed by atoms with van der Waals surface area (Å²) in [5.74, 6) is 0.376. The number of hydrogen-bond acceptors (Lipinski definition) is 6. The molecule has 0 unspecified atom stereocenters. The Kier molecular flexibility index (Phi) is 6.02. The number of hydrogen-bond donors (Lipinski definition) is 0. The topological polar surface area (TPSA) is 93.2 Å². The Balaban J connectivity index is 1.98. The van der Waals surface area contributed by atoms with Gasteiger partial charge in [0.15, 0.2) is 12.4 Å². The molecule has 0 atom stereocenters. The minimum absolute atomic E-state index is 0.174. The van der Waals surface area contributed by atoms with Crippen LogP contribution in [-0.4, -0.2) is 75.5 Å². The zero-order chi connectivity index (χ0) is 18.6. The number of ether oxygens (including phenoxy) is 2. The summed E-state index contributed by atoms with van der Waals surface area (Å²) in [6.07, 6.45) is 1.15. The average molecular weight is 370 g/mol. The molecule has 9 heteroatoms. The van der Waals surface area contributed by atoms with Gasteiger partial charge < -0.3 is 14.4 Å². The number of carbonyl (C=O) groups excluding carboxylic acids is 2. The molecular weight excluding hydrogens is 348 g/mol. The van der Waals surface area contributed by atoms with Crippen LogP contribution >= 0.6 is 0 Å². The smallest absolute Gasteiger partial charge is 0.260 e. The highest BCUT2D eigenvalue weighted by atomic mass is 32.2. The molecule has 1 heterocycles. The van der Waals surface area contributed by atoms with E-state index in [9.17, 15) is 18.0 Å². The SMILES string of the molecule is COc1ccc(C(C)=O)c(OCC(=O)N2CCN(S(C)(=O)=O)CC2)c1. The maximum absolute atomic E-state index is 12.3. The number of piperazine rings is 1. The first kappa shape index (κ1) is 19.2. The fourth-order valence-corrected chi connectivity index (χ4v) is 3.37. The normalized spacial score (nSPS) is 15.7. The monoisotopic (exact) mass is 370 g/mol. The van der Waals surface area contributed by atoms with E-state index >= 15 is 0 Å². The standard InChI is InChI=1S/C16H22N2O6S/c1-12(19)14-5-4-13(23-2)10-15(14)24-11-16(20)17-6-8-18(9-7-17)25(3,21)22/h4-5,10H,6-9,11H2,1-3H3. The summed E-state index contributed by atoms with van der Waals surface area (Å²) >= 11 is 0. The molecule has 0 spiro atoms. The number of nitrogens with zero attached hydrogens (tertiary/aromatic N) is 2. The first-order valence-corrected chi connectivity index (χ1v) is 9.62. The number of carbonyl (C=O) groups is 2. The minimum atomic E-state index is -3.24. The van der Waals surface area contributed by atoms with E-state index < -0.39 is 10.0 Å². The average Bonchev–Trinajstić information content (AvgIpc) is 2.58. The van der Waals surface area contributed by atoms with Crippen molar-refractivity contribution in [2.24, 2.45) is 0 Å². The van der Waals surface area contributed by atoms with E-state index in [4.69, 9.17) is 9.47 Å². The summed E-state index contributed by atoms with van der Waals surface area (Å²) in [5, 5.41) is 0. The van der Waals surface area contributed by atoms with E-state index in [0.29, 0.717) is 24.4 Å². The predicted octanol–water partition coefficient (Wildman–Crippen LogP) is 0.380. The summed E-state index contributed by atoms with van der Waals surface area (Å²) in [5.41, 5.74) is 0.371. The van der Waals surface area contributed by atoms with Crippen LogP contribution in [0.2, 0.25) is 0 Å². The first-order chi connectivity index (χ1) is 11.7. The molecule has 0 bridgehead atoms. The molecule has 1 fully saturated rings. The molecule has 0 N–H and O–H groups in total. The second kappa shape index (κ2) is 7.83. The summed E-state index contributed by atoms with van der Waals surface area (Å²) in [6.45, 7) is 2.35. The molecule has 1 amide bonds. The molecular formula is C16H22N2O6S. The van der Waals surface area contributed by atoms with Crippen molar-refractivity contribution in [2.75, 3.05) is 46.2 Å². The van der Waals surface area contributed by atoms with E-state index in [1.54, 1.807) is 23.1 Å². The molecule has 0 radical (unpaired) electrons. The Hall–Kier alpha value is -2.13. The second-order valence-electron chi connectivity index (χ2n) is 5.75. The van der Waals surface area contributed by atoms with Gasteiger partial charge in [0.2, 0.25) is 10.0 Å². The first-order valence-electron chi connectivity index (χ1n) is 7.77. The third kappa shape index (κ3) is 4.93. The third-order valence-corrected chi connectivity index (χ3v) is 5.28. The minimum Gasteiger partial charge on any atom is -0.497 e. The number of benzene rings is 1. The zero-order valence-electron chi connectivity index (χ0n) is 14.5. The summed E-state index contributed by atoms with van der Waals surface area (Å²) in [7, 11) is -1.74. The van der Waals surface area contributed by atoms with Crippen LogP contribution in [0.3, 0.4) is 0 Å². The molecule has 1 saturated heterocycles. The number of rotatable bonds is 6. The molecule has 25 heavy (non-hydrogen) atoms. The Morgan fingerprint density at radius 1 is 1.16 bits per heavy atom. The maximum atomic E-state index is 12.3. The number of methoxy groups -OCH3 is 1. The molecule has 1 aromatic carbocycles. The highest BCUT2D eigenvalue weighted by Gasteiger charge is 2.26. The maximum Gasteiger partial charge on any atom is 0.260 e. The molecule has 138 valence electrons. The van der Waals surface area contributed by atoms with E-state index in [1.165, 1.54) is 18.3 Å². The van der Waals surface area contributed by atoms with Gasteiger partial charge in [0.25, 0.3) is 5.91 Å². The summed E-state index contributed by atoms with van der Waals surface area (Å²) in [6, 6.07) is 4.80. The van der Waals surface area contributed by atoms with Crippen molar-refractivity contribution < 1.29 is 27.5 Å². The zero-order valence-corrected chi connectivity index (χ0v) is 15.3. The van der Waals surface area contributed by atoms with Crippen molar-refractivity contribution in [1.29, 1.82) is 0 Å². The van der Waals surface area contributed by atoms with Gasteiger partial charge in [-0.3, -0.25) is 9.59 Å². The quantitative estimate of drug-likeness (QED) is 0.672. The molecule has 1 aromatic rings. The van der Waals surface area contributed by atoms with Crippen LogP contribution in [0.15, 0.2) is 18.2 Å². The molecule has 0 saturated carbocycles. The molecule has 2 rings (SSSR count). The van der Waals surface area contributed by atoms with Gasteiger partial charge in [0.05, 0.1) is 18.9 Å². The lowest BCUT2D eigenvalue weighted by atomic mass is 10.1. The van der Waals surface area contributed by atoms with Crippen molar-refractivity contribution in [1.82, 2.24) is 9.21 Å². The van der Waals surface area contributed by atoms with Crippen molar-refractivity contribution in [2.45, 2.75) is 6.92 Å². The summed E-state index contributed by atoms with van der Waals surface area (Å²) in [4.78, 5) is 25.5. The van der Waals surface area contributed by atoms with Crippen LogP contribution in [0.1, 0.15) is 17.3 Å². The fourth-order valence-electron chi connectivity index (χ4n) is 2.54. The largest absolute Gasteiger partial charge is 0.497 e. The lowest BCUT2D eigenvalue weighted by Gasteiger charge is -2.33. The number of Topliss-reactive ketones (excluding diaryl/α,β-unsaturated/α-hetero) is 1. The van der Waals surface area contributed by atoms with Crippen molar-refractivity contribution in [3.63, 3.8) is 0 Å². The highest BCUT2D eigenvalue weighted by Crippen LogP contribution is 2.25. The predicted molar refractivity (Wildman–Crippen MR) is 91.5 cm³/mol. The number of ketones is 1. The molecule has 1 aliphatic rings. The molecule has 1 aliphatic heterocycles. The van der Waals surface area contributed by atoms with Crippen LogP contribution in [0.4, 0.5) is 0 Å². The van der Waals surface area contributed by atoms with Gasteiger partial charge in [0, 0.05) is 32.2 Å². The third-order valence-electron chi connectivity index (χ3n) is 3.98. The molecule has 8 nitrogen and oxygen atoms in total. The van der Waals surface area contributed by atoms with Crippen LogP contribution in [0.5, 0.6) is 11.5 Å². The van der Waals surface area contributed by atoms with Gasteiger partial charge in [-0.05, 0) is 19.1 Å². The fraction of sp³-hybridized carbons (Fsp3) is 0.500.